The maximum atomic E-state index is 12.0. The SMILES string of the molecule is Cc1ccc(C(=O)NC(C)c2nncn2C)c(=O)[nH]1. The molecule has 0 aromatic carbocycles. The predicted molar refractivity (Wildman–Crippen MR) is 68.7 cm³/mol. The second-order valence-electron chi connectivity index (χ2n) is 4.38. The molecule has 2 N–H and O–H groups in total. The number of rotatable bonds is 3. The highest BCUT2D eigenvalue weighted by Crippen LogP contribution is 2.07. The van der Waals surface area contributed by atoms with Crippen LogP contribution < -0.4 is 10.9 Å². The van der Waals surface area contributed by atoms with E-state index in [1.807, 2.05) is 0 Å². The lowest BCUT2D eigenvalue weighted by atomic mass is 10.2. The number of aryl methyl sites for hydroxylation is 2. The molecule has 0 saturated heterocycles. The van der Waals surface area contributed by atoms with Gasteiger partial charge in [0.15, 0.2) is 5.82 Å². The number of nitrogens with zero attached hydrogens (tertiary/aromatic N) is 3. The van der Waals surface area contributed by atoms with Gasteiger partial charge in [-0.05, 0) is 26.0 Å². The van der Waals surface area contributed by atoms with E-state index in [4.69, 9.17) is 0 Å². The molecule has 0 spiro atoms. The van der Waals surface area contributed by atoms with Crippen LogP contribution in [0.25, 0.3) is 0 Å². The van der Waals surface area contributed by atoms with E-state index in [9.17, 15) is 9.59 Å². The average molecular weight is 261 g/mol. The van der Waals surface area contributed by atoms with Gasteiger partial charge in [-0.1, -0.05) is 0 Å². The van der Waals surface area contributed by atoms with Gasteiger partial charge in [0.1, 0.15) is 11.9 Å². The molecule has 0 aliphatic heterocycles. The van der Waals surface area contributed by atoms with Crippen molar-refractivity contribution in [3.8, 4) is 0 Å². The molecule has 7 nitrogen and oxygen atoms in total. The molecule has 0 radical (unpaired) electrons. The molecule has 0 saturated carbocycles. The zero-order chi connectivity index (χ0) is 14.0. The molecule has 0 aliphatic rings. The Morgan fingerprint density at radius 1 is 1.47 bits per heavy atom. The van der Waals surface area contributed by atoms with Crippen molar-refractivity contribution in [2.45, 2.75) is 19.9 Å². The Balaban J connectivity index is 2.18. The maximum Gasteiger partial charge on any atom is 0.260 e. The number of nitrogens with one attached hydrogen (secondary N) is 2. The number of pyridine rings is 1. The number of hydrogen-bond donors (Lipinski definition) is 2. The number of hydrogen-bond acceptors (Lipinski definition) is 4. The van der Waals surface area contributed by atoms with Gasteiger partial charge in [-0.25, -0.2) is 0 Å². The molecule has 2 heterocycles. The lowest BCUT2D eigenvalue weighted by Crippen LogP contribution is -2.32. The van der Waals surface area contributed by atoms with Crippen LogP contribution in [-0.4, -0.2) is 25.7 Å². The van der Waals surface area contributed by atoms with Crippen LogP contribution in [0.15, 0.2) is 23.3 Å². The van der Waals surface area contributed by atoms with Gasteiger partial charge in [-0.2, -0.15) is 0 Å². The first kappa shape index (κ1) is 13.0. The third-order valence-corrected chi connectivity index (χ3v) is 2.78. The summed E-state index contributed by atoms with van der Waals surface area (Å²) < 4.78 is 1.71. The molecule has 7 heteroatoms. The zero-order valence-electron chi connectivity index (χ0n) is 11.0. The van der Waals surface area contributed by atoms with Gasteiger partial charge in [-0.3, -0.25) is 9.59 Å². The number of amides is 1. The lowest BCUT2D eigenvalue weighted by molar-refractivity contribution is 0.0936. The van der Waals surface area contributed by atoms with E-state index in [-0.39, 0.29) is 11.6 Å². The third-order valence-electron chi connectivity index (χ3n) is 2.78. The second-order valence-corrected chi connectivity index (χ2v) is 4.38. The molecular weight excluding hydrogens is 246 g/mol. The van der Waals surface area contributed by atoms with E-state index < -0.39 is 11.5 Å². The number of aromatic nitrogens is 4. The number of carbonyl (C=O) groups excluding carboxylic acids is 1. The fourth-order valence-corrected chi connectivity index (χ4v) is 1.77. The highest BCUT2D eigenvalue weighted by atomic mass is 16.2. The van der Waals surface area contributed by atoms with Gasteiger partial charge in [0.25, 0.3) is 11.5 Å². The first-order valence-electron chi connectivity index (χ1n) is 5.83. The Morgan fingerprint density at radius 3 is 2.79 bits per heavy atom. The largest absolute Gasteiger partial charge is 0.342 e. The molecule has 100 valence electrons. The first-order chi connectivity index (χ1) is 8.99. The highest BCUT2D eigenvalue weighted by molar-refractivity contribution is 5.93. The summed E-state index contributed by atoms with van der Waals surface area (Å²) in [6.07, 6.45) is 1.55. The van der Waals surface area contributed by atoms with Crippen molar-refractivity contribution in [2.24, 2.45) is 7.05 Å². The van der Waals surface area contributed by atoms with Gasteiger partial charge in [0.05, 0.1) is 6.04 Å². The van der Waals surface area contributed by atoms with Crippen LogP contribution in [0.1, 0.15) is 34.8 Å². The Bertz CT molecular complexity index is 658. The number of aromatic amines is 1. The molecule has 2 aromatic heterocycles. The quantitative estimate of drug-likeness (QED) is 0.831. The molecule has 0 bridgehead atoms. The summed E-state index contributed by atoms with van der Waals surface area (Å²) in [6.45, 7) is 3.54. The molecule has 19 heavy (non-hydrogen) atoms. The highest BCUT2D eigenvalue weighted by Gasteiger charge is 2.17. The van der Waals surface area contributed by atoms with E-state index in [0.717, 1.165) is 0 Å². The summed E-state index contributed by atoms with van der Waals surface area (Å²) in [5.74, 6) is 0.189. The molecule has 1 amide bonds. The average Bonchev–Trinajstić information content (AvgIpc) is 2.75. The van der Waals surface area contributed by atoms with Gasteiger partial charge in [-0.15, -0.1) is 10.2 Å². The standard InChI is InChI=1S/C12H15N5O2/c1-7-4-5-9(11(18)14-7)12(19)15-8(2)10-16-13-6-17(10)3/h4-6,8H,1-3H3,(H,14,18)(H,15,19). The monoisotopic (exact) mass is 261 g/mol. The summed E-state index contributed by atoms with van der Waals surface area (Å²) in [4.78, 5) is 26.3. The van der Waals surface area contributed by atoms with Crippen molar-refractivity contribution < 1.29 is 4.79 Å². The van der Waals surface area contributed by atoms with E-state index >= 15 is 0 Å². The summed E-state index contributed by atoms with van der Waals surface area (Å²) >= 11 is 0. The van der Waals surface area contributed by atoms with Crippen LogP contribution in [-0.2, 0) is 7.05 Å². The van der Waals surface area contributed by atoms with Gasteiger partial charge in [0, 0.05) is 12.7 Å². The van der Waals surface area contributed by atoms with Crippen molar-refractivity contribution in [1.29, 1.82) is 0 Å². The molecular formula is C12H15N5O2. The third kappa shape index (κ3) is 2.70. The first-order valence-corrected chi connectivity index (χ1v) is 5.83. The Hall–Kier alpha value is -2.44. The van der Waals surface area contributed by atoms with Crippen LogP contribution in [0.4, 0.5) is 0 Å². The lowest BCUT2D eigenvalue weighted by Gasteiger charge is -2.12. The molecule has 0 aliphatic carbocycles. The van der Waals surface area contributed by atoms with Crippen molar-refractivity contribution in [1.82, 2.24) is 25.1 Å². The van der Waals surface area contributed by atoms with Crippen LogP contribution in [0.5, 0.6) is 0 Å². The van der Waals surface area contributed by atoms with Gasteiger partial charge < -0.3 is 14.9 Å². The molecule has 1 unspecified atom stereocenters. The number of H-pyrrole nitrogens is 1. The summed E-state index contributed by atoms with van der Waals surface area (Å²) in [5, 5.41) is 10.4. The molecule has 2 rings (SSSR count). The molecule has 1 atom stereocenters. The Morgan fingerprint density at radius 2 is 2.21 bits per heavy atom. The molecule has 0 fully saturated rings. The predicted octanol–water partition coefficient (Wildman–Crippen LogP) is 0.303. The van der Waals surface area contributed by atoms with Crippen LogP contribution in [0.2, 0.25) is 0 Å². The summed E-state index contributed by atoms with van der Waals surface area (Å²) in [7, 11) is 1.79. The van der Waals surface area contributed by atoms with E-state index in [1.54, 1.807) is 37.9 Å². The minimum Gasteiger partial charge on any atom is -0.342 e. The van der Waals surface area contributed by atoms with Crippen LogP contribution >= 0.6 is 0 Å². The zero-order valence-corrected chi connectivity index (χ0v) is 11.0. The fraction of sp³-hybridized carbons (Fsp3) is 0.333. The fourth-order valence-electron chi connectivity index (χ4n) is 1.77. The normalized spacial score (nSPS) is 12.2. The smallest absolute Gasteiger partial charge is 0.260 e. The van der Waals surface area contributed by atoms with E-state index in [1.165, 1.54) is 6.07 Å². The summed E-state index contributed by atoms with van der Waals surface area (Å²) in [6, 6.07) is 2.86. The minimum atomic E-state index is -0.434. The van der Waals surface area contributed by atoms with E-state index in [0.29, 0.717) is 11.5 Å². The van der Waals surface area contributed by atoms with Gasteiger partial charge >= 0.3 is 0 Å². The Kier molecular flexibility index (Phi) is 3.46. The van der Waals surface area contributed by atoms with Crippen molar-refractivity contribution in [3.05, 3.63) is 45.9 Å². The second kappa shape index (κ2) is 5.05. The maximum absolute atomic E-state index is 12.0. The van der Waals surface area contributed by atoms with Crippen LogP contribution in [0, 0.1) is 6.92 Å². The van der Waals surface area contributed by atoms with Crippen LogP contribution in [0.3, 0.4) is 0 Å². The van der Waals surface area contributed by atoms with Crippen molar-refractivity contribution >= 4 is 5.91 Å². The Labute approximate surface area is 109 Å². The summed E-state index contributed by atoms with van der Waals surface area (Å²) in [5.41, 5.74) is 0.394. The van der Waals surface area contributed by atoms with E-state index in [2.05, 4.69) is 20.5 Å². The number of carbonyl (C=O) groups is 1. The van der Waals surface area contributed by atoms with Gasteiger partial charge in [0.2, 0.25) is 0 Å². The minimum absolute atomic E-state index is 0.0830. The molecule has 2 aromatic rings. The van der Waals surface area contributed by atoms with Crippen molar-refractivity contribution in [2.75, 3.05) is 0 Å². The van der Waals surface area contributed by atoms with Crippen molar-refractivity contribution in [3.63, 3.8) is 0 Å². The topological polar surface area (TPSA) is 92.7 Å².